The number of anilines is 2. The van der Waals surface area contributed by atoms with E-state index in [1.54, 1.807) is 12.1 Å². The number of hydrogen-bond donors (Lipinski definition) is 3. The molecule has 0 aromatic heterocycles. The highest BCUT2D eigenvalue weighted by Crippen LogP contribution is 2.20. The summed E-state index contributed by atoms with van der Waals surface area (Å²) in [6, 6.07) is 3.95. The van der Waals surface area contributed by atoms with Crippen molar-refractivity contribution in [2.45, 2.75) is 38.8 Å². The smallest absolute Gasteiger partial charge is 0.241 e. The lowest BCUT2D eigenvalue weighted by Gasteiger charge is -2.16. The van der Waals surface area contributed by atoms with Gasteiger partial charge in [0, 0.05) is 18.8 Å². The molecule has 2 atom stereocenters. The molecule has 0 spiro atoms. The number of nitrogens with one attached hydrogen (secondary N) is 2. The molecule has 1 saturated heterocycles. The number of hydrogen-bond acceptors (Lipinski definition) is 4. The average Bonchev–Trinajstić information content (AvgIpc) is 2.98. The van der Waals surface area contributed by atoms with Crippen LogP contribution in [0.25, 0.3) is 0 Å². The van der Waals surface area contributed by atoms with Gasteiger partial charge in [0.25, 0.3) is 0 Å². The standard InChI is InChI=1S/C16H24FN3O2/c1-10(2)15(18)16(21)20-11-5-6-14(13(17)8-11)19-9-12-4-3-7-22-12/h5-6,8,10,12,15,19H,3-4,7,9,18H2,1-2H3,(H,20,21)/t12?,15-/m0/s1. The second-order valence-corrected chi connectivity index (χ2v) is 5.97. The third-order valence-electron chi connectivity index (χ3n) is 3.80. The molecule has 2 rings (SSSR count). The van der Waals surface area contributed by atoms with E-state index in [1.807, 2.05) is 13.8 Å². The molecule has 1 heterocycles. The third-order valence-corrected chi connectivity index (χ3v) is 3.80. The van der Waals surface area contributed by atoms with Crippen LogP contribution in [0.2, 0.25) is 0 Å². The zero-order chi connectivity index (χ0) is 16.1. The van der Waals surface area contributed by atoms with Gasteiger partial charge in [-0.2, -0.15) is 0 Å². The molecule has 4 N–H and O–H groups in total. The van der Waals surface area contributed by atoms with E-state index in [0.29, 0.717) is 17.9 Å². The maximum absolute atomic E-state index is 14.0. The van der Waals surface area contributed by atoms with Crippen LogP contribution in [-0.2, 0) is 9.53 Å². The van der Waals surface area contributed by atoms with E-state index in [9.17, 15) is 9.18 Å². The highest BCUT2D eigenvalue weighted by atomic mass is 19.1. The predicted octanol–water partition coefficient (Wildman–Crippen LogP) is 2.34. The van der Waals surface area contributed by atoms with E-state index < -0.39 is 11.9 Å². The van der Waals surface area contributed by atoms with Gasteiger partial charge < -0.3 is 21.1 Å². The molecule has 1 aromatic rings. The van der Waals surface area contributed by atoms with Crippen molar-refractivity contribution in [3.8, 4) is 0 Å². The third kappa shape index (κ3) is 4.42. The molecule has 22 heavy (non-hydrogen) atoms. The Morgan fingerprint density at radius 1 is 1.50 bits per heavy atom. The van der Waals surface area contributed by atoms with E-state index >= 15 is 0 Å². The molecule has 1 aliphatic rings. The molecule has 1 unspecified atom stereocenters. The Bertz CT molecular complexity index is 516. The average molecular weight is 309 g/mol. The van der Waals surface area contributed by atoms with E-state index in [2.05, 4.69) is 10.6 Å². The Hall–Kier alpha value is -1.66. The van der Waals surface area contributed by atoms with Gasteiger partial charge >= 0.3 is 0 Å². The second kappa shape index (κ2) is 7.56. The van der Waals surface area contributed by atoms with E-state index in [0.717, 1.165) is 19.4 Å². The van der Waals surface area contributed by atoms with Crippen LogP contribution in [0.4, 0.5) is 15.8 Å². The lowest BCUT2D eigenvalue weighted by Crippen LogP contribution is -2.39. The highest BCUT2D eigenvalue weighted by Gasteiger charge is 2.18. The summed E-state index contributed by atoms with van der Waals surface area (Å²) in [6.45, 7) is 5.09. The monoisotopic (exact) mass is 309 g/mol. The molecular formula is C16H24FN3O2. The van der Waals surface area contributed by atoms with Crippen molar-refractivity contribution in [2.75, 3.05) is 23.8 Å². The van der Waals surface area contributed by atoms with Crippen molar-refractivity contribution >= 4 is 17.3 Å². The fraction of sp³-hybridized carbons (Fsp3) is 0.562. The van der Waals surface area contributed by atoms with Crippen molar-refractivity contribution in [3.63, 3.8) is 0 Å². The van der Waals surface area contributed by atoms with Crippen molar-refractivity contribution < 1.29 is 13.9 Å². The quantitative estimate of drug-likeness (QED) is 0.754. The van der Waals surface area contributed by atoms with Gasteiger partial charge in [0.2, 0.25) is 5.91 Å². The number of carbonyl (C=O) groups is 1. The van der Waals surface area contributed by atoms with Gasteiger partial charge in [0.05, 0.1) is 17.8 Å². The molecule has 1 aliphatic heterocycles. The van der Waals surface area contributed by atoms with E-state index in [-0.39, 0.29) is 17.9 Å². The lowest BCUT2D eigenvalue weighted by molar-refractivity contribution is -0.118. The van der Waals surface area contributed by atoms with Crippen molar-refractivity contribution in [2.24, 2.45) is 11.7 Å². The van der Waals surface area contributed by atoms with Crippen LogP contribution < -0.4 is 16.4 Å². The van der Waals surface area contributed by atoms with Gasteiger partial charge in [-0.25, -0.2) is 4.39 Å². The van der Waals surface area contributed by atoms with E-state index in [1.165, 1.54) is 6.07 Å². The Labute approximate surface area is 130 Å². The SMILES string of the molecule is CC(C)[C@H](N)C(=O)Nc1ccc(NCC2CCCO2)c(F)c1. The van der Waals surface area contributed by atoms with Crippen LogP contribution in [0, 0.1) is 11.7 Å². The van der Waals surface area contributed by atoms with Crippen molar-refractivity contribution in [1.82, 2.24) is 0 Å². The van der Waals surface area contributed by atoms with Gasteiger partial charge in [0.1, 0.15) is 5.82 Å². The summed E-state index contributed by atoms with van der Waals surface area (Å²) in [5.74, 6) is -0.694. The van der Waals surface area contributed by atoms with Crippen LogP contribution in [0.1, 0.15) is 26.7 Å². The number of rotatable bonds is 6. The maximum atomic E-state index is 14.0. The first-order chi connectivity index (χ1) is 10.5. The number of amides is 1. The van der Waals surface area contributed by atoms with Gasteiger partial charge in [-0.15, -0.1) is 0 Å². The van der Waals surface area contributed by atoms with Crippen molar-refractivity contribution in [3.05, 3.63) is 24.0 Å². The molecule has 0 aliphatic carbocycles. The zero-order valence-corrected chi connectivity index (χ0v) is 13.1. The summed E-state index contributed by atoms with van der Waals surface area (Å²) in [5, 5.41) is 5.67. The zero-order valence-electron chi connectivity index (χ0n) is 13.1. The van der Waals surface area contributed by atoms with Gasteiger partial charge in [0.15, 0.2) is 0 Å². The van der Waals surface area contributed by atoms with Crippen LogP contribution in [0.3, 0.4) is 0 Å². The molecule has 1 amide bonds. The fourth-order valence-electron chi connectivity index (χ4n) is 2.29. The maximum Gasteiger partial charge on any atom is 0.241 e. The molecule has 1 aromatic carbocycles. The van der Waals surface area contributed by atoms with Crippen LogP contribution >= 0.6 is 0 Å². The Balaban J connectivity index is 1.92. The van der Waals surface area contributed by atoms with Gasteiger partial charge in [-0.1, -0.05) is 13.8 Å². The minimum Gasteiger partial charge on any atom is -0.380 e. The number of benzene rings is 1. The number of halogens is 1. The minimum atomic E-state index is -0.611. The number of ether oxygens (including phenoxy) is 1. The normalized spacial score (nSPS) is 19.2. The molecule has 5 nitrogen and oxygen atoms in total. The summed E-state index contributed by atoms with van der Waals surface area (Å²) in [5.41, 5.74) is 6.57. The van der Waals surface area contributed by atoms with Crippen LogP contribution in [-0.4, -0.2) is 31.2 Å². The molecule has 0 saturated carbocycles. The predicted molar refractivity (Wildman–Crippen MR) is 85.3 cm³/mol. The Kier molecular flexibility index (Phi) is 5.74. The summed E-state index contributed by atoms with van der Waals surface area (Å²) in [4.78, 5) is 11.9. The van der Waals surface area contributed by atoms with Crippen molar-refractivity contribution in [1.29, 1.82) is 0 Å². The molecule has 6 heteroatoms. The first-order valence-corrected chi connectivity index (χ1v) is 7.69. The first kappa shape index (κ1) is 16.7. The van der Waals surface area contributed by atoms with Gasteiger partial charge in [-0.05, 0) is 37.0 Å². The molecular weight excluding hydrogens is 285 g/mol. The number of nitrogens with two attached hydrogens (primary N) is 1. The van der Waals surface area contributed by atoms with Crippen LogP contribution in [0.5, 0.6) is 0 Å². The van der Waals surface area contributed by atoms with E-state index in [4.69, 9.17) is 10.5 Å². The minimum absolute atomic E-state index is 0.0252. The number of carbonyl (C=O) groups excluding carboxylic acids is 1. The summed E-state index contributed by atoms with van der Waals surface area (Å²) in [7, 11) is 0. The highest BCUT2D eigenvalue weighted by molar-refractivity contribution is 5.95. The Morgan fingerprint density at radius 2 is 2.27 bits per heavy atom. The summed E-state index contributed by atoms with van der Waals surface area (Å²) in [6.07, 6.45) is 2.19. The molecule has 0 bridgehead atoms. The first-order valence-electron chi connectivity index (χ1n) is 7.69. The second-order valence-electron chi connectivity index (χ2n) is 5.97. The Morgan fingerprint density at radius 3 is 2.86 bits per heavy atom. The largest absolute Gasteiger partial charge is 0.380 e. The summed E-state index contributed by atoms with van der Waals surface area (Å²) >= 11 is 0. The van der Waals surface area contributed by atoms with Gasteiger partial charge in [-0.3, -0.25) is 4.79 Å². The molecule has 0 radical (unpaired) electrons. The molecule has 1 fully saturated rings. The fourth-order valence-corrected chi connectivity index (χ4v) is 2.29. The summed E-state index contributed by atoms with van der Waals surface area (Å²) < 4.78 is 19.5. The molecule has 122 valence electrons. The van der Waals surface area contributed by atoms with Crippen LogP contribution in [0.15, 0.2) is 18.2 Å². The topological polar surface area (TPSA) is 76.4 Å². The lowest BCUT2D eigenvalue weighted by atomic mass is 10.0.